The second-order valence-corrected chi connectivity index (χ2v) is 6.58. The van der Waals surface area contributed by atoms with Crippen molar-refractivity contribution in [1.82, 2.24) is 5.32 Å². The first-order chi connectivity index (χ1) is 9.25. The van der Waals surface area contributed by atoms with Gasteiger partial charge in [0.05, 0.1) is 6.04 Å². The number of amides is 1. The van der Waals surface area contributed by atoms with E-state index in [-0.39, 0.29) is 11.9 Å². The highest BCUT2D eigenvalue weighted by molar-refractivity contribution is 5.81. The molecule has 0 saturated heterocycles. The van der Waals surface area contributed by atoms with Crippen LogP contribution < -0.4 is 11.1 Å². The van der Waals surface area contributed by atoms with Crippen molar-refractivity contribution in [2.45, 2.75) is 76.7 Å². The van der Waals surface area contributed by atoms with Crippen LogP contribution in [0.3, 0.4) is 0 Å². The molecule has 3 heteroatoms. The lowest BCUT2D eigenvalue weighted by Crippen LogP contribution is -2.42. The van der Waals surface area contributed by atoms with Crippen LogP contribution in [-0.2, 0) is 4.79 Å². The first kappa shape index (κ1) is 14.8. The summed E-state index contributed by atoms with van der Waals surface area (Å²) >= 11 is 0. The van der Waals surface area contributed by atoms with E-state index < -0.39 is 0 Å². The van der Waals surface area contributed by atoms with Crippen LogP contribution in [0.5, 0.6) is 0 Å². The van der Waals surface area contributed by atoms with Gasteiger partial charge in [-0.25, -0.2) is 0 Å². The first-order valence-electron chi connectivity index (χ1n) is 8.29. The molecule has 0 aromatic rings. The van der Waals surface area contributed by atoms with Crippen LogP contribution in [0.1, 0.15) is 70.6 Å². The van der Waals surface area contributed by atoms with Crippen LogP contribution in [0.15, 0.2) is 0 Å². The third kappa shape index (κ3) is 5.13. The summed E-state index contributed by atoms with van der Waals surface area (Å²) in [5.74, 6) is 1.60. The van der Waals surface area contributed by atoms with Gasteiger partial charge in [0.2, 0.25) is 5.91 Å². The number of nitrogens with two attached hydrogens (primary N) is 1. The Kier molecular flexibility index (Phi) is 6.15. The van der Waals surface area contributed by atoms with Crippen LogP contribution in [0.25, 0.3) is 0 Å². The lowest BCUT2D eigenvalue weighted by molar-refractivity contribution is -0.122. The minimum Gasteiger partial charge on any atom is -0.355 e. The normalized spacial score (nSPS) is 23.4. The van der Waals surface area contributed by atoms with E-state index in [2.05, 4.69) is 5.32 Å². The van der Waals surface area contributed by atoms with Crippen molar-refractivity contribution in [2.24, 2.45) is 17.6 Å². The van der Waals surface area contributed by atoms with Crippen molar-refractivity contribution in [3.05, 3.63) is 0 Å². The maximum Gasteiger partial charge on any atom is 0.236 e. The highest BCUT2D eigenvalue weighted by atomic mass is 16.2. The Labute approximate surface area is 117 Å². The van der Waals surface area contributed by atoms with E-state index >= 15 is 0 Å². The summed E-state index contributed by atoms with van der Waals surface area (Å²) in [6.45, 7) is 0.821. The molecular weight excluding hydrogens is 236 g/mol. The molecule has 2 aliphatic carbocycles. The first-order valence-corrected chi connectivity index (χ1v) is 8.29. The number of carbonyl (C=O) groups is 1. The average molecular weight is 266 g/mol. The fourth-order valence-corrected chi connectivity index (χ4v) is 3.72. The molecule has 1 atom stereocenters. The Morgan fingerprint density at radius 2 is 1.58 bits per heavy atom. The molecule has 2 aliphatic rings. The zero-order valence-electron chi connectivity index (χ0n) is 12.2. The maximum atomic E-state index is 12.0. The molecule has 0 aromatic heterocycles. The zero-order chi connectivity index (χ0) is 13.5. The summed E-state index contributed by atoms with van der Waals surface area (Å²) in [6.07, 6.45) is 14.0. The van der Waals surface area contributed by atoms with Gasteiger partial charge in [0.1, 0.15) is 0 Å². The second kappa shape index (κ2) is 7.88. The monoisotopic (exact) mass is 266 g/mol. The van der Waals surface area contributed by atoms with E-state index in [0.29, 0.717) is 5.92 Å². The van der Waals surface area contributed by atoms with Crippen LogP contribution in [0, 0.1) is 11.8 Å². The Morgan fingerprint density at radius 3 is 2.26 bits per heavy atom. The van der Waals surface area contributed by atoms with E-state index in [4.69, 9.17) is 5.73 Å². The fourth-order valence-electron chi connectivity index (χ4n) is 3.72. The van der Waals surface area contributed by atoms with Crippen molar-refractivity contribution in [3.63, 3.8) is 0 Å². The number of carbonyl (C=O) groups excluding carboxylic acids is 1. The maximum absolute atomic E-state index is 12.0. The molecule has 0 spiro atoms. The third-order valence-electron chi connectivity index (χ3n) is 4.98. The van der Waals surface area contributed by atoms with Gasteiger partial charge in [-0.15, -0.1) is 0 Å². The topological polar surface area (TPSA) is 55.1 Å². The summed E-state index contributed by atoms with van der Waals surface area (Å²) in [5.41, 5.74) is 6.03. The predicted octanol–water partition coefficient (Wildman–Crippen LogP) is 2.98. The Balaban J connectivity index is 1.58. The molecule has 2 rings (SSSR count). The molecule has 110 valence electrons. The molecule has 2 saturated carbocycles. The quantitative estimate of drug-likeness (QED) is 0.776. The van der Waals surface area contributed by atoms with Crippen molar-refractivity contribution < 1.29 is 4.79 Å². The number of hydrogen-bond acceptors (Lipinski definition) is 2. The van der Waals surface area contributed by atoms with E-state index in [1.807, 2.05) is 0 Å². The molecule has 0 radical (unpaired) electrons. The molecule has 0 bridgehead atoms. The van der Waals surface area contributed by atoms with Crippen LogP contribution in [-0.4, -0.2) is 18.5 Å². The van der Waals surface area contributed by atoms with Gasteiger partial charge in [0, 0.05) is 6.54 Å². The molecule has 1 amide bonds. The lowest BCUT2D eigenvalue weighted by Gasteiger charge is -2.24. The Bertz CT molecular complexity index is 268. The number of hydrogen-bond donors (Lipinski definition) is 2. The Morgan fingerprint density at radius 1 is 1.00 bits per heavy atom. The lowest BCUT2D eigenvalue weighted by atomic mass is 9.85. The molecule has 0 aromatic carbocycles. The van der Waals surface area contributed by atoms with Gasteiger partial charge in [-0.05, 0) is 24.7 Å². The number of nitrogens with one attached hydrogen (secondary N) is 1. The van der Waals surface area contributed by atoms with Gasteiger partial charge in [0.25, 0.3) is 0 Å². The van der Waals surface area contributed by atoms with Crippen molar-refractivity contribution in [2.75, 3.05) is 6.54 Å². The zero-order valence-corrected chi connectivity index (χ0v) is 12.2. The highest BCUT2D eigenvalue weighted by Crippen LogP contribution is 2.28. The molecule has 0 heterocycles. The van der Waals surface area contributed by atoms with E-state index in [9.17, 15) is 4.79 Å². The Hall–Kier alpha value is -0.570. The summed E-state index contributed by atoms with van der Waals surface area (Å²) in [5, 5.41) is 3.03. The summed E-state index contributed by atoms with van der Waals surface area (Å²) < 4.78 is 0. The van der Waals surface area contributed by atoms with Crippen LogP contribution in [0.4, 0.5) is 0 Å². The van der Waals surface area contributed by atoms with Crippen molar-refractivity contribution in [3.8, 4) is 0 Å². The summed E-state index contributed by atoms with van der Waals surface area (Å²) in [6, 6.07) is -0.285. The average Bonchev–Trinajstić information content (AvgIpc) is 2.93. The van der Waals surface area contributed by atoms with Gasteiger partial charge >= 0.3 is 0 Å². The third-order valence-corrected chi connectivity index (χ3v) is 4.98. The minimum absolute atomic E-state index is 0.0728. The molecule has 3 nitrogen and oxygen atoms in total. The molecule has 19 heavy (non-hydrogen) atoms. The molecule has 3 N–H and O–H groups in total. The molecule has 1 unspecified atom stereocenters. The van der Waals surface area contributed by atoms with Crippen LogP contribution >= 0.6 is 0 Å². The standard InChI is InChI=1S/C16H30N2O/c17-15(12-14-8-2-1-3-9-14)16(19)18-11-10-13-6-4-5-7-13/h13-15H,1-12,17H2,(H,18,19). The predicted molar refractivity (Wildman–Crippen MR) is 78.8 cm³/mol. The largest absolute Gasteiger partial charge is 0.355 e. The van der Waals surface area contributed by atoms with Crippen LogP contribution in [0.2, 0.25) is 0 Å². The number of rotatable bonds is 6. The van der Waals surface area contributed by atoms with E-state index in [1.54, 1.807) is 0 Å². The highest BCUT2D eigenvalue weighted by Gasteiger charge is 2.21. The van der Waals surface area contributed by atoms with Gasteiger partial charge < -0.3 is 11.1 Å². The van der Waals surface area contributed by atoms with Crippen molar-refractivity contribution in [1.29, 1.82) is 0 Å². The van der Waals surface area contributed by atoms with Crippen molar-refractivity contribution >= 4 is 5.91 Å². The molecule has 2 fully saturated rings. The second-order valence-electron chi connectivity index (χ2n) is 6.58. The van der Waals surface area contributed by atoms with E-state index in [0.717, 1.165) is 25.3 Å². The van der Waals surface area contributed by atoms with E-state index in [1.165, 1.54) is 57.8 Å². The minimum atomic E-state index is -0.285. The summed E-state index contributed by atoms with van der Waals surface area (Å²) in [7, 11) is 0. The van der Waals surface area contributed by atoms with Gasteiger partial charge in [0.15, 0.2) is 0 Å². The van der Waals surface area contributed by atoms with Gasteiger partial charge in [-0.2, -0.15) is 0 Å². The molecule has 0 aliphatic heterocycles. The van der Waals surface area contributed by atoms with Gasteiger partial charge in [-0.1, -0.05) is 57.8 Å². The fraction of sp³-hybridized carbons (Fsp3) is 0.938. The van der Waals surface area contributed by atoms with Gasteiger partial charge in [-0.3, -0.25) is 4.79 Å². The summed E-state index contributed by atoms with van der Waals surface area (Å²) in [4.78, 5) is 12.0. The molecular formula is C16H30N2O. The smallest absolute Gasteiger partial charge is 0.236 e. The SMILES string of the molecule is NC(CC1CCCCC1)C(=O)NCCC1CCCC1.